The van der Waals surface area contributed by atoms with E-state index in [1.54, 1.807) is 0 Å². The average Bonchev–Trinajstić information content (AvgIpc) is 3.25. The highest BCUT2D eigenvalue weighted by atomic mass is 16.6. The first-order chi connectivity index (χ1) is 13.1. The van der Waals surface area contributed by atoms with Gasteiger partial charge < -0.3 is 8.98 Å². The second-order valence-electron chi connectivity index (χ2n) is 6.17. The predicted octanol–water partition coefficient (Wildman–Crippen LogP) is 4.64. The van der Waals surface area contributed by atoms with E-state index in [0.29, 0.717) is 18.3 Å². The first-order valence-corrected chi connectivity index (χ1v) is 8.39. The van der Waals surface area contributed by atoms with Gasteiger partial charge in [0.25, 0.3) is 0 Å². The summed E-state index contributed by atoms with van der Waals surface area (Å²) in [5, 5.41) is 10.7. The fourth-order valence-corrected chi connectivity index (χ4v) is 2.94. The standard InChI is InChI=1S/C20H16N4O3/c1-14-5-4-6-15(11-14)13-23-18-8-3-2-7-17(18)22-20(23)21-12-16-9-10-19(27-16)24(25)26/h2-12H,13H2,1H3. The minimum absolute atomic E-state index is 0.302. The molecule has 0 aliphatic heterocycles. The molecule has 0 unspecified atom stereocenters. The Balaban J connectivity index is 1.73. The number of nitrogens with zero attached hydrogens (tertiary/aromatic N) is 4. The van der Waals surface area contributed by atoms with Crippen LogP contribution in [0.5, 0.6) is 0 Å². The van der Waals surface area contributed by atoms with Crippen molar-refractivity contribution in [2.24, 2.45) is 4.99 Å². The molecule has 2 aromatic carbocycles. The molecule has 0 spiro atoms. The highest BCUT2D eigenvalue weighted by Gasteiger charge is 2.12. The predicted molar refractivity (Wildman–Crippen MR) is 103 cm³/mol. The third-order valence-corrected chi connectivity index (χ3v) is 4.16. The Kier molecular flexibility index (Phi) is 4.25. The average molecular weight is 360 g/mol. The number of furan rings is 1. The first-order valence-electron chi connectivity index (χ1n) is 8.39. The van der Waals surface area contributed by atoms with Crippen LogP contribution in [-0.2, 0) is 6.54 Å². The normalized spacial score (nSPS) is 11.4. The Morgan fingerprint density at radius 3 is 2.81 bits per heavy atom. The van der Waals surface area contributed by atoms with Gasteiger partial charge in [-0.25, -0.2) is 9.98 Å². The Morgan fingerprint density at radius 2 is 2.04 bits per heavy atom. The van der Waals surface area contributed by atoms with Gasteiger partial charge in [-0.1, -0.05) is 42.0 Å². The zero-order valence-electron chi connectivity index (χ0n) is 14.6. The summed E-state index contributed by atoms with van der Waals surface area (Å²) in [5.74, 6) is 0.498. The highest BCUT2D eigenvalue weighted by Crippen LogP contribution is 2.24. The fraction of sp³-hybridized carbons (Fsp3) is 0.100. The van der Waals surface area contributed by atoms with Crippen molar-refractivity contribution in [3.63, 3.8) is 0 Å². The smallest absolute Gasteiger partial charge is 0.400 e. The zero-order chi connectivity index (χ0) is 18.8. The molecule has 7 heteroatoms. The maximum atomic E-state index is 10.7. The molecular weight excluding hydrogens is 344 g/mol. The lowest BCUT2D eigenvalue weighted by molar-refractivity contribution is -0.402. The van der Waals surface area contributed by atoms with Crippen molar-refractivity contribution in [3.8, 4) is 0 Å². The van der Waals surface area contributed by atoms with Gasteiger partial charge in [0.05, 0.1) is 29.9 Å². The number of aliphatic imine (C=N–C) groups is 1. The maximum absolute atomic E-state index is 10.7. The van der Waals surface area contributed by atoms with E-state index in [4.69, 9.17) is 4.42 Å². The Bertz CT molecular complexity index is 1160. The summed E-state index contributed by atoms with van der Waals surface area (Å²) < 4.78 is 7.14. The molecule has 27 heavy (non-hydrogen) atoms. The third-order valence-electron chi connectivity index (χ3n) is 4.16. The fourth-order valence-electron chi connectivity index (χ4n) is 2.94. The summed E-state index contributed by atoms with van der Waals surface area (Å²) in [6.07, 6.45) is 1.45. The maximum Gasteiger partial charge on any atom is 0.433 e. The van der Waals surface area contributed by atoms with Crippen LogP contribution >= 0.6 is 0 Å². The van der Waals surface area contributed by atoms with Crippen LogP contribution in [0.15, 0.2) is 70.1 Å². The minimum Gasteiger partial charge on any atom is -0.400 e. The lowest BCUT2D eigenvalue weighted by atomic mass is 10.1. The number of hydrogen-bond donors (Lipinski definition) is 0. The van der Waals surface area contributed by atoms with Gasteiger partial charge in [0, 0.05) is 0 Å². The number of para-hydroxylation sites is 2. The molecule has 0 saturated carbocycles. The lowest BCUT2D eigenvalue weighted by Gasteiger charge is -2.07. The number of fused-ring (bicyclic) bond motifs is 1. The van der Waals surface area contributed by atoms with Crippen LogP contribution in [0.4, 0.5) is 11.8 Å². The van der Waals surface area contributed by atoms with Crippen LogP contribution in [0.1, 0.15) is 16.9 Å². The minimum atomic E-state index is -0.579. The molecule has 4 aromatic rings. The number of hydrogen-bond acceptors (Lipinski definition) is 5. The molecule has 134 valence electrons. The monoisotopic (exact) mass is 360 g/mol. The molecule has 0 N–H and O–H groups in total. The van der Waals surface area contributed by atoms with E-state index >= 15 is 0 Å². The molecule has 0 radical (unpaired) electrons. The molecular formula is C20H16N4O3. The SMILES string of the molecule is Cc1cccc(Cn2c(N=Cc3ccc([N+](=O)[O-])o3)nc3ccccc32)c1. The first kappa shape index (κ1) is 16.7. The van der Waals surface area contributed by atoms with Crippen molar-refractivity contribution in [1.29, 1.82) is 0 Å². The molecule has 0 saturated heterocycles. The van der Waals surface area contributed by atoms with E-state index in [1.807, 2.05) is 34.9 Å². The van der Waals surface area contributed by atoms with E-state index in [-0.39, 0.29) is 5.88 Å². The van der Waals surface area contributed by atoms with Crippen molar-refractivity contribution in [2.45, 2.75) is 13.5 Å². The molecule has 7 nitrogen and oxygen atoms in total. The van der Waals surface area contributed by atoms with Gasteiger partial charge in [-0.3, -0.25) is 10.1 Å². The number of aryl methyl sites for hydroxylation is 1. The number of benzene rings is 2. The number of nitro groups is 1. The van der Waals surface area contributed by atoms with Gasteiger partial charge in [0.2, 0.25) is 5.95 Å². The van der Waals surface area contributed by atoms with Crippen molar-refractivity contribution in [3.05, 3.63) is 87.7 Å². The van der Waals surface area contributed by atoms with E-state index in [0.717, 1.165) is 16.6 Å². The number of imidazole rings is 1. The molecule has 0 aliphatic rings. The number of rotatable bonds is 5. The summed E-state index contributed by atoms with van der Waals surface area (Å²) >= 11 is 0. The molecule has 2 aromatic heterocycles. The molecule has 0 fully saturated rings. The second kappa shape index (κ2) is 6.87. The van der Waals surface area contributed by atoms with E-state index < -0.39 is 4.92 Å². The summed E-state index contributed by atoms with van der Waals surface area (Å²) in [6.45, 7) is 2.67. The highest BCUT2D eigenvalue weighted by molar-refractivity contribution is 5.82. The van der Waals surface area contributed by atoms with Crippen LogP contribution in [0.25, 0.3) is 11.0 Å². The van der Waals surface area contributed by atoms with Crippen LogP contribution in [-0.4, -0.2) is 20.7 Å². The summed E-state index contributed by atoms with van der Waals surface area (Å²) in [6, 6.07) is 18.9. The molecule has 0 aliphatic carbocycles. The van der Waals surface area contributed by atoms with Crippen LogP contribution in [0.2, 0.25) is 0 Å². The largest absolute Gasteiger partial charge is 0.433 e. The Labute approximate surface area is 154 Å². The van der Waals surface area contributed by atoms with Crippen LogP contribution < -0.4 is 0 Å². The Hall–Kier alpha value is -3.74. The third kappa shape index (κ3) is 3.48. The topological polar surface area (TPSA) is 86.5 Å². The van der Waals surface area contributed by atoms with E-state index in [9.17, 15) is 10.1 Å². The summed E-state index contributed by atoms with van der Waals surface area (Å²) in [4.78, 5) is 19.2. The molecule has 4 rings (SSSR count). The van der Waals surface area contributed by atoms with Gasteiger partial charge in [0.1, 0.15) is 4.92 Å². The van der Waals surface area contributed by atoms with E-state index in [2.05, 4.69) is 35.1 Å². The van der Waals surface area contributed by atoms with Crippen molar-refractivity contribution in [1.82, 2.24) is 9.55 Å². The Morgan fingerprint density at radius 1 is 1.19 bits per heavy atom. The van der Waals surface area contributed by atoms with Gasteiger partial charge in [-0.05, 0) is 30.7 Å². The molecule has 2 heterocycles. The van der Waals surface area contributed by atoms with Gasteiger partial charge in [-0.15, -0.1) is 0 Å². The van der Waals surface area contributed by atoms with E-state index in [1.165, 1.54) is 23.9 Å². The van der Waals surface area contributed by atoms with Crippen LogP contribution in [0.3, 0.4) is 0 Å². The summed E-state index contributed by atoms with van der Waals surface area (Å²) in [5.41, 5.74) is 4.13. The van der Waals surface area contributed by atoms with Crippen molar-refractivity contribution in [2.75, 3.05) is 0 Å². The van der Waals surface area contributed by atoms with Gasteiger partial charge in [0.15, 0.2) is 5.76 Å². The zero-order valence-corrected chi connectivity index (χ0v) is 14.6. The van der Waals surface area contributed by atoms with Gasteiger partial charge >= 0.3 is 5.88 Å². The molecule has 0 amide bonds. The van der Waals surface area contributed by atoms with Crippen molar-refractivity contribution < 1.29 is 9.34 Å². The van der Waals surface area contributed by atoms with Crippen molar-refractivity contribution >= 4 is 29.1 Å². The lowest BCUT2D eigenvalue weighted by Crippen LogP contribution is -1.99. The quantitative estimate of drug-likeness (QED) is 0.295. The number of aromatic nitrogens is 2. The second-order valence-corrected chi connectivity index (χ2v) is 6.17. The molecule has 0 atom stereocenters. The molecule has 0 bridgehead atoms. The van der Waals surface area contributed by atoms with Gasteiger partial charge in [-0.2, -0.15) is 0 Å². The van der Waals surface area contributed by atoms with Crippen LogP contribution in [0, 0.1) is 17.0 Å². The summed E-state index contributed by atoms with van der Waals surface area (Å²) in [7, 11) is 0.